The molecule has 0 fully saturated rings. The molecule has 1 N–H and O–H groups in total. The molecule has 2 unspecified atom stereocenters. The van der Waals surface area contributed by atoms with Crippen molar-refractivity contribution >= 4 is 28.6 Å². The van der Waals surface area contributed by atoms with Gasteiger partial charge in [-0.2, -0.15) is 0 Å². The van der Waals surface area contributed by atoms with E-state index >= 15 is 0 Å². The molecule has 1 aromatic carbocycles. The third-order valence-electron chi connectivity index (χ3n) is 4.49. The molecule has 2 atom stereocenters. The van der Waals surface area contributed by atoms with Gasteiger partial charge in [-0.1, -0.05) is 17.7 Å². The molecule has 0 saturated carbocycles. The molecule has 0 radical (unpaired) electrons. The fraction of sp³-hybridized carbons (Fsp3) is 0.412. The Labute approximate surface area is 135 Å². The summed E-state index contributed by atoms with van der Waals surface area (Å²) in [5.41, 5.74) is 3.84. The van der Waals surface area contributed by atoms with Gasteiger partial charge in [-0.05, 0) is 62.0 Å². The van der Waals surface area contributed by atoms with Crippen LogP contribution in [-0.2, 0) is 6.42 Å². The molecular formula is C17H21ClN2S. The Morgan fingerprint density at radius 3 is 2.90 bits per heavy atom. The highest BCUT2D eigenvalue weighted by Gasteiger charge is 2.25. The number of fused-ring (bicyclic) bond motifs is 1. The Bertz CT molecular complexity index is 637. The van der Waals surface area contributed by atoms with Crippen molar-refractivity contribution in [3.63, 3.8) is 0 Å². The molecule has 112 valence electrons. The highest BCUT2D eigenvalue weighted by atomic mass is 35.5. The quantitative estimate of drug-likeness (QED) is 0.873. The minimum atomic E-state index is 0.272. The van der Waals surface area contributed by atoms with Crippen LogP contribution in [0.5, 0.6) is 0 Å². The first-order valence-electron chi connectivity index (χ1n) is 7.41. The van der Waals surface area contributed by atoms with Gasteiger partial charge in [0.25, 0.3) is 0 Å². The first-order chi connectivity index (χ1) is 10.1. The second kappa shape index (κ2) is 5.99. The number of benzene rings is 1. The summed E-state index contributed by atoms with van der Waals surface area (Å²) in [5.74, 6) is 0. The summed E-state index contributed by atoms with van der Waals surface area (Å²) >= 11 is 8.36. The molecule has 21 heavy (non-hydrogen) atoms. The fourth-order valence-electron chi connectivity index (χ4n) is 3.06. The number of thiophene rings is 1. The Morgan fingerprint density at radius 1 is 1.38 bits per heavy atom. The van der Waals surface area contributed by atoms with Crippen molar-refractivity contribution in [3.8, 4) is 0 Å². The number of anilines is 1. The van der Waals surface area contributed by atoms with Gasteiger partial charge in [0.2, 0.25) is 0 Å². The van der Waals surface area contributed by atoms with E-state index in [2.05, 4.69) is 53.7 Å². The second-order valence-electron chi connectivity index (χ2n) is 5.63. The van der Waals surface area contributed by atoms with Gasteiger partial charge in [-0.15, -0.1) is 11.3 Å². The van der Waals surface area contributed by atoms with Gasteiger partial charge in [-0.3, -0.25) is 0 Å². The van der Waals surface area contributed by atoms with Crippen molar-refractivity contribution in [2.75, 3.05) is 18.5 Å². The third-order valence-corrected chi connectivity index (χ3v) is 5.82. The molecule has 0 saturated heterocycles. The maximum atomic E-state index is 6.48. The lowest BCUT2D eigenvalue weighted by atomic mass is 10.00. The fourth-order valence-corrected chi connectivity index (χ4v) is 4.36. The average molecular weight is 321 g/mol. The number of nitrogens with zero attached hydrogens (tertiary/aromatic N) is 1. The zero-order valence-electron chi connectivity index (χ0n) is 12.7. The monoisotopic (exact) mass is 320 g/mol. The van der Waals surface area contributed by atoms with Crippen LogP contribution in [0, 0.1) is 0 Å². The minimum Gasteiger partial charge on any atom is -0.364 e. The van der Waals surface area contributed by atoms with Gasteiger partial charge in [0.15, 0.2) is 0 Å². The van der Waals surface area contributed by atoms with Gasteiger partial charge < -0.3 is 10.2 Å². The second-order valence-corrected chi connectivity index (χ2v) is 7.04. The number of halogens is 1. The van der Waals surface area contributed by atoms with Crippen LogP contribution in [-0.4, -0.2) is 13.6 Å². The Balaban J connectivity index is 1.90. The Hall–Kier alpha value is -1.03. The van der Waals surface area contributed by atoms with Crippen molar-refractivity contribution in [2.45, 2.75) is 32.4 Å². The van der Waals surface area contributed by atoms with Crippen LogP contribution in [0.25, 0.3) is 0 Å². The standard InChI is InChI=1S/C17H21ClN2S/c1-11(19-3)14-5-4-13(10-16(14)18)20-8-6-17-15(12(20)2)7-9-21-17/h4-5,7,9-12,19H,6,8H2,1-3H3. The smallest absolute Gasteiger partial charge is 0.0525 e. The molecule has 2 nitrogen and oxygen atoms in total. The summed E-state index contributed by atoms with van der Waals surface area (Å²) in [5, 5.41) is 6.29. The van der Waals surface area contributed by atoms with Crippen LogP contribution >= 0.6 is 22.9 Å². The van der Waals surface area contributed by atoms with Crippen LogP contribution in [0.15, 0.2) is 29.6 Å². The summed E-state index contributed by atoms with van der Waals surface area (Å²) in [6.07, 6.45) is 1.13. The third kappa shape index (κ3) is 2.70. The van der Waals surface area contributed by atoms with Crippen LogP contribution < -0.4 is 10.2 Å². The highest BCUT2D eigenvalue weighted by molar-refractivity contribution is 7.10. The van der Waals surface area contributed by atoms with Gasteiger partial charge in [0.05, 0.1) is 6.04 Å². The molecule has 3 rings (SSSR count). The number of rotatable bonds is 3. The van der Waals surface area contributed by atoms with E-state index in [4.69, 9.17) is 11.6 Å². The van der Waals surface area contributed by atoms with E-state index in [1.165, 1.54) is 16.1 Å². The van der Waals surface area contributed by atoms with Crippen molar-refractivity contribution < 1.29 is 0 Å². The largest absolute Gasteiger partial charge is 0.364 e. The lowest BCUT2D eigenvalue weighted by Gasteiger charge is -2.36. The number of hydrogen-bond donors (Lipinski definition) is 1. The lowest BCUT2D eigenvalue weighted by Crippen LogP contribution is -2.33. The molecule has 4 heteroatoms. The zero-order valence-corrected chi connectivity index (χ0v) is 14.3. The van der Waals surface area contributed by atoms with Gasteiger partial charge in [-0.25, -0.2) is 0 Å². The predicted molar refractivity (Wildman–Crippen MR) is 92.7 cm³/mol. The van der Waals surface area contributed by atoms with Gasteiger partial charge in [0, 0.05) is 28.2 Å². The zero-order chi connectivity index (χ0) is 15.0. The molecular weight excluding hydrogens is 300 g/mol. The van der Waals surface area contributed by atoms with Crippen molar-refractivity contribution in [2.24, 2.45) is 0 Å². The van der Waals surface area contributed by atoms with Crippen molar-refractivity contribution in [1.29, 1.82) is 0 Å². The maximum absolute atomic E-state index is 6.48. The van der Waals surface area contributed by atoms with E-state index in [9.17, 15) is 0 Å². The first-order valence-corrected chi connectivity index (χ1v) is 8.67. The molecule has 1 aliphatic rings. The van der Waals surface area contributed by atoms with E-state index in [1.807, 2.05) is 18.4 Å². The molecule has 2 aromatic rings. The van der Waals surface area contributed by atoms with Gasteiger partial charge >= 0.3 is 0 Å². The van der Waals surface area contributed by atoms with Crippen LogP contribution in [0.3, 0.4) is 0 Å². The van der Waals surface area contributed by atoms with E-state index in [-0.39, 0.29) is 6.04 Å². The normalized spacial score (nSPS) is 19.4. The first kappa shape index (κ1) is 14.9. The summed E-state index contributed by atoms with van der Waals surface area (Å²) < 4.78 is 0. The van der Waals surface area contributed by atoms with Crippen LogP contribution in [0.4, 0.5) is 5.69 Å². The van der Waals surface area contributed by atoms with E-state index < -0.39 is 0 Å². The SMILES string of the molecule is CNC(C)c1ccc(N2CCc3sccc3C2C)cc1Cl. The van der Waals surface area contributed by atoms with Crippen molar-refractivity contribution in [1.82, 2.24) is 5.32 Å². The van der Waals surface area contributed by atoms with E-state index in [1.54, 1.807) is 0 Å². The summed E-state index contributed by atoms with van der Waals surface area (Å²) in [6, 6.07) is 9.41. The van der Waals surface area contributed by atoms with Crippen LogP contribution in [0.2, 0.25) is 5.02 Å². The molecule has 2 heterocycles. The minimum absolute atomic E-state index is 0.272. The molecule has 1 aliphatic heterocycles. The summed E-state index contributed by atoms with van der Waals surface area (Å²) in [6.45, 7) is 5.47. The van der Waals surface area contributed by atoms with Crippen LogP contribution in [0.1, 0.15) is 41.9 Å². The molecule has 0 spiro atoms. The summed E-state index contributed by atoms with van der Waals surface area (Å²) in [7, 11) is 1.96. The highest BCUT2D eigenvalue weighted by Crippen LogP contribution is 2.37. The molecule has 0 amide bonds. The van der Waals surface area contributed by atoms with Gasteiger partial charge in [0.1, 0.15) is 0 Å². The molecule has 0 bridgehead atoms. The number of nitrogens with one attached hydrogen (secondary N) is 1. The average Bonchev–Trinajstić information content (AvgIpc) is 2.96. The number of hydrogen-bond acceptors (Lipinski definition) is 3. The predicted octanol–water partition coefficient (Wildman–Crippen LogP) is 4.81. The maximum Gasteiger partial charge on any atom is 0.0525 e. The Kier molecular flexibility index (Phi) is 4.25. The molecule has 1 aromatic heterocycles. The van der Waals surface area contributed by atoms with E-state index in [0.717, 1.165) is 23.6 Å². The lowest BCUT2D eigenvalue weighted by molar-refractivity contribution is 0.630. The van der Waals surface area contributed by atoms with E-state index in [0.29, 0.717) is 6.04 Å². The molecule has 0 aliphatic carbocycles. The summed E-state index contributed by atoms with van der Waals surface area (Å²) in [4.78, 5) is 3.99. The van der Waals surface area contributed by atoms with Crippen molar-refractivity contribution in [3.05, 3.63) is 50.7 Å². The topological polar surface area (TPSA) is 15.3 Å². The Morgan fingerprint density at radius 2 is 2.19 bits per heavy atom.